The van der Waals surface area contributed by atoms with E-state index in [-0.39, 0.29) is 41.9 Å². The average molecular weight is 503 g/mol. The lowest BCUT2D eigenvalue weighted by Crippen LogP contribution is -2.54. The first kappa shape index (κ1) is 23.6. The number of hydrogen-bond acceptors (Lipinski definition) is 6. The fraction of sp³-hybridized carbons (Fsp3) is 0.429. The smallest absolute Gasteiger partial charge is 0.255 e. The highest BCUT2D eigenvalue weighted by Gasteiger charge is 2.42. The number of benzene rings is 2. The van der Waals surface area contributed by atoms with Gasteiger partial charge >= 0.3 is 0 Å². The van der Waals surface area contributed by atoms with E-state index in [1.54, 1.807) is 17.0 Å². The van der Waals surface area contributed by atoms with Gasteiger partial charge in [-0.15, -0.1) is 0 Å². The molecule has 3 heterocycles. The Labute approximate surface area is 214 Å². The fourth-order valence-electron chi connectivity index (χ4n) is 6.13. The predicted molar refractivity (Wildman–Crippen MR) is 130 cm³/mol. The van der Waals surface area contributed by atoms with Gasteiger partial charge in [0.25, 0.3) is 5.91 Å². The Morgan fingerprint density at radius 2 is 1.89 bits per heavy atom. The molecule has 1 unspecified atom stereocenters. The number of nitriles is 1. The molecule has 3 aliphatic heterocycles. The first-order valence-corrected chi connectivity index (χ1v) is 12.8. The van der Waals surface area contributed by atoms with E-state index in [0.29, 0.717) is 24.3 Å². The summed E-state index contributed by atoms with van der Waals surface area (Å²) in [5, 5.41) is 11.3. The van der Waals surface area contributed by atoms with Crippen LogP contribution in [-0.4, -0.2) is 58.8 Å². The molecular formula is C28H27FN4O4. The van der Waals surface area contributed by atoms with Crippen molar-refractivity contribution in [3.05, 3.63) is 64.5 Å². The fourth-order valence-corrected chi connectivity index (χ4v) is 6.13. The van der Waals surface area contributed by atoms with Crippen LogP contribution in [0.1, 0.15) is 65.1 Å². The summed E-state index contributed by atoms with van der Waals surface area (Å²) in [4.78, 5) is 40.7. The molecule has 3 fully saturated rings. The molecule has 4 aliphatic rings. The largest absolute Gasteiger partial charge is 0.489 e. The van der Waals surface area contributed by atoms with Gasteiger partial charge in [-0.05, 0) is 67.1 Å². The number of ether oxygens (including phenoxy) is 1. The van der Waals surface area contributed by atoms with Crippen molar-refractivity contribution in [2.75, 3.05) is 13.1 Å². The second kappa shape index (κ2) is 9.27. The number of imide groups is 1. The number of carbonyl (C=O) groups excluding carboxylic acids is 3. The molecular weight excluding hydrogens is 475 g/mol. The number of nitrogens with one attached hydrogen (secondary N) is 1. The maximum absolute atomic E-state index is 14.0. The van der Waals surface area contributed by atoms with Gasteiger partial charge < -0.3 is 9.64 Å². The molecule has 0 bridgehead atoms. The van der Waals surface area contributed by atoms with Gasteiger partial charge in [0.1, 0.15) is 29.8 Å². The number of fused-ring (bicyclic) bond motifs is 1. The van der Waals surface area contributed by atoms with Crippen molar-refractivity contribution < 1.29 is 23.5 Å². The molecule has 1 N–H and O–H groups in total. The molecule has 37 heavy (non-hydrogen) atoms. The molecule has 3 amide bonds. The number of rotatable bonds is 5. The zero-order valence-electron chi connectivity index (χ0n) is 20.3. The first-order valence-electron chi connectivity index (χ1n) is 12.8. The highest BCUT2D eigenvalue weighted by molar-refractivity contribution is 6.05. The topological polar surface area (TPSA) is 103 Å². The summed E-state index contributed by atoms with van der Waals surface area (Å²) < 4.78 is 20.5. The Balaban J connectivity index is 1.09. The molecule has 8 nitrogen and oxygen atoms in total. The zero-order chi connectivity index (χ0) is 25.7. The number of halogens is 1. The van der Waals surface area contributed by atoms with Crippen LogP contribution in [0.2, 0.25) is 0 Å². The van der Waals surface area contributed by atoms with Gasteiger partial charge in [-0.3, -0.25) is 24.6 Å². The molecule has 1 saturated carbocycles. The Morgan fingerprint density at radius 1 is 1.05 bits per heavy atom. The lowest BCUT2D eigenvalue weighted by molar-refractivity contribution is -0.136. The van der Waals surface area contributed by atoms with Gasteiger partial charge in [0, 0.05) is 43.6 Å². The third kappa shape index (κ3) is 4.25. The molecule has 9 heteroatoms. The van der Waals surface area contributed by atoms with Crippen LogP contribution < -0.4 is 10.1 Å². The summed E-state index contributed by atoms with van der Waals surface area (Å²) in [6.45, 7) is 1.98. The molecule has 0 aromatic heterocycles. The summed E-state index contributed by atoms with van der Waals surface area (Å²) >= 11 is 0. The van der Waals surface area contributed by atoms with E-state index in [1.165, 1.54) is 6.07 Å². The van der Waals surface area contributed by atoms with Crippen molar-refractivity contribution in [2.45, 2.75) is 62.8 Å². The molecule has 3 atom stereocenters. The molecule has 190 valence electrons. The van der Waals surface area contributed by atoms with Crippen LogP contribution >= 0.6 is 0 Å². The summed E-state index contributed by atoms with van der Waals surface area (Å²) in [5.41, 5.74) is 2.39. The summed E-state index contributed by atoms with van der Waals surface area (Å²) in [5.74, 6) is -0.427. The molecule has 2 aromatic rings. The van der Waals surface area contributed by atoms with Crippen molar-refractivity contribution in [3.8, 4) is 11.8 Å². The average Bonchev–Trinajstić information content (AvgIpc) is 3.42. The Hall–Kier alpha value is -3.77. The normalized spacial score (nSPS) is 26.0. The van der Waals surface area contributed by atoms with Crippen LogP contribution in [-0.2, 0) is 16.1 Å². The number of carbonyl (C=O) groups is 3. The van der Waals surface area contributed by atoms with E-state index in [1.807, 2.05) is 24.3 Å². The molecule has 2 aromatic carbocycles. The van der Waals surface area contributed by atoms with Gasteiger partial charge in [0.15, 0.2) is 0 Å². The van der Waals surface area contributed by atoms with Gasteiger partial charge in [0.05, 0.1) is 5.56 Å². The standard InChI is InChI=1S/C28H27FN4O4/c29-22-11-16(4-5-17(22)12-30)19-13-32(14-19)23-2-1-3-25(23)37-20-6-7-21-18(10-20)15-33(28(21)36)24-8-9-26(34)31-27(24)35/h4-7,10-11,19,23-25H,1-3,8-9,13-15H2,(H,31,34,35)/t23-,24?,25-/m1/s1. The van der Waals surface area contributed by atoms with Crippen LogP contribution in [0.4, 0.5) is 4.39 Å². The highest BCUT2D eigenvalue weighted by atomic mass is 19.1. The summed E-state index contributed by atoms with van der Waals surface area (Å²) in [7, 11) is 0. The SMILES string of the molecule is N#Cc1ccc(C2CN([C@@H]3CCC[C@H]3Oc3ccc4c(c3)CN(C3CCC(=O)NC3=O)C4=O)C2)cc1F. The zero-order valence-corrected chi connectivity index (χ0v) is 20.3. The minimum Gasteiger partial charge on any atom is -0.489 e. The van der Waals surface area contributed by atoms with Gasteiger partial charge in [-0.25, -0.2) is 4.39 Å². The Morgan fingerprint density at radius 3 is 2.65 bits per heavy atom. The second-order valence-corrected chi connectivity index (χ2v) is 10.4. The number of hydrogen-bond donors (Lipinski definition) is 1. The molecule has 0 spiro atoms. The maximum Gasteiger partial charge on any atom is 0.255 e. The van der Waals surface area contributed by atoms with Crippen LogP contribution in [0.3, 0.4) is 0 Å². The van der Waals surface area contributed by atoms with Crippen molar-refractivity contribution in [2.24, 2.45) is 0 Å². The second-order valence-electron chi connectivity index (χ2n) is 10.4. The molecule has 2 saturated heterocycles. The third-order valence-electron chi connectivity index (χ3n) is 8.16. The van der Waals surface area contributed by atoms with E-state index in [9.17, 15) is 18.8 Å². The lowest BCUT2D eigenvalue weighted by atomic mass is 9.88. The molecule has 1 aliphatic carbocycles. The monoisotopic (exact) mass is 502 g/mol. The van der Waals surface area contributed by atoms with Crippen LogP contribution in [0, 0.1) is 17.1 Å². The number of nitrogens with zero attached hydrogens (tertiary/aromatic N) is 3. The third-order valence-corrected chi connectivity index (χ3v) is 8.16. The summed E-state index contributed by atoms with van der Waals surface area (Å²) in [6.07, 6.45) is 3.63. The van der Waals surface area contributed by atoms with Crippen molar-refractivity contribution in [3.63, 3.8) is 0 Å². The Bertz CT molecular complexity index is 1330. The van der Waals surface area contributed by atoms with Crippen molar-refractivity contribution >= 4 is 17.7 Å². The van der Waals surface area contributed by atoms with Gasteiger partial charge in [-0.1, -0.05) is 6.07 Å². The number of amides is 3. The maximum atomic E-state index is 14.0. The van der Waals surface area contributed by atoms with Crippen molar-refractivity contribution in [1.82, 2.24) is 15.1 Å². The first-order chi connectivity index (χ1) is 17.9. The lowest BCUT2D eigenvalue weighted by Gasteiger charge is -2.45. The van der Waals surface area contributed by atoms with E-state index in [0.717, 1.165) is 43.5 Å². The minimum atomic E-state index is -0.634. The number of piperidine rings is 1. The van der Waals surface area contributed by atoms with E-state index < -0.39 is 17.8 Å². The molecule has 6 rings (SSSR count). The quantitative estimate of drug-likeness (QED) is 0.631. The van der Waals surface area contributed by atoms with E-state index >= 15 is 0 Å². The van der Waals surface area contributed by atoms with Crippen LogP contribution in [0.15, 0.2) is 36.4 Å². The number of likely N-dealkylation sites (tertiary alicyclic amines) is 1. The van der Waals surface area contributed by atoms with Gasteiger partial charge in [-0.2, -0.15) is 5.26 Å². The Kier molecular flexibility index (Phi) is 5.92. The van der Waals surface area contributed by atoms with E-state index in [4.69, 9.17) is 10.00 Å². The van der Waals surface area contributed by atoms with Crippen LogP contribution in [0.25, 0.3) is 0 Å². The van der Waals surface area contributed by atoms with E-state index in [2.05, 4.69) is 10.2 Å². The highest BCUT2D eigenvalue weighted by Crippen LogP contribution is 2.37. The summed E-state index contributed by atoms with van der Waals surface area (Å²) in [6, 6.07) is 11.9. The van der Waals surface area contributed by atoms with Crippen molar-refractivity contribution in [1.29, 1.82) is 5.26 Å². The molecule has 0 radical (unpaired) electrons. The minimum absolute atomic E-state index is 0.0278. The van der Waals surface area contributed by atoms with Gasteiger partial charge in [0.2, 0.25) is 11.8 Å². The van der Waals surface area contributed by atoms with Crippen LogP contribution in [0.5, 0.6) is 5.75 Å². The predicted octanol–water partition coefficient (Wildman–Crippen LogP) is 2.86.